The highest BCUT2D eigenvalue weighted by atomic mass is 19.1. The summed E-state index contributed by atoms with van der Waals surface area (Å²) in [6.45, 7) is 2.26. The number of benzene rings is 2. The van der Waals surface area contributed by atoms with Gasteiger partial charge < -0.3 is 4.74 Å². The third kappa shape index (κ3) is 3.57. The number of hydrogen-bond acceptors (Lipinski definition) is 4. The van der Waals surface area contributed by atoms with Crippen LogP contribution in [0, 0.1) is 5.82 Å². The van der Waals surface area contributed by atoms with Crippen LogP contribution in [0.5, 0.6) is 0 Å². The van der Waals surface area contributed by atoms with Crippen LogP contribution in [-0.4, -0.2) is 15.7 Å². The summed E-state index contributed by atoms with van der Waals surface area (Å²) in [4.78, 5) is 24.9. The van der Waals surface area contributed by atoms with Crippen molar-refractivity contribution >= 4 is 16.7 Å². The van der Waals surface area contributed by atoms with Gasteiger partial charge in [0.1, 0.15) is 12.4 Å². The molecule has 0 aliphatic heterocycles. The third-order valence-corrected chi connectivity index (χ3v) is 3.76. The van der Waals surface area contributed by atoms with E-state index in [1.54, 1.807) is 36.4 Å². The molecule has 0 radical (unpaired) electrons. The average Bonchev–Trinajstić information content (AvgIpc) is 2.62. The molecular weight excluding hydrogens is 323 g/mol. The Labute approximate surface area is 143 Å². The molecule has 0 saturated carbocycles. The van der Waals surface area contributed by atoms with Gasteiger partial charge in [-0.2, -0.15) is 5.10 Å². The van der Waals surface area contributed by atoms with E-state index in [2.05, 4.69) is 5.10 Å². The van der Waals surface area contributed by atoms with E-state index < -0.39 is 11.8 Å². The zero-order valence-corrected chi connectivity index (χ0v) is 13.7. The van der Waals surface area contributed by atoms with Gasteiger partial charge in [-0.3, -0.25) is 4.79 Å². The average molecular weight is 340 g/mol. The molecule has 0 amide bonds. The van der Waals surface area contributed by atoms with Crippen molar-refractivity contribution in [1.29, 1.82) is 0 Å². The number of nitrogens with zero attached hydrogens (tertiary/aromatic N) is 2. The highest BCUT2D eigenvalue weighted by Crippen LogP contribution is 2.15. The van der Waals surface area contributed by atoms with Crippen molar-refractivity contribution in [3.63, 3.8) is 0 Å². The summed E-state index contributed by atoms with van der Waals surface area (Å²) >= 11 is 0. The molecule has 5 nitrogen and oxygen atoms in total. The number of aryl methyl sites for hydroxylation is 1. The number of hydrogen-bond donors (Lipinski definition) is 0. The van der Waals surface area contributed by atoms with Crippen LogP contribution in [0.1, 0.15) is 29.4 Å². The van der Waals surface area contributed by atoms with Crippen LogP contribution in [0.3, 0.4) is 0 Å². The van der Waals surface area contributed by atoms with Crippen molar-refractivity contribution in [2.45, 2.75) is 26.5 Å². The Hall–Kier alpha value is -3.02. The molecule has 3 rings (SSSR count). The van der Waals surface area contributed by atoms with Crippen molar-refractivity contribution in [2.75, 3.05) is 0 Å². The molecule has 128 valence electrons. The maximum atomic E-state index is 13.2. The minimum atomic E-state index is -0.648. The lowest BCUT2D eigenvalue weighted by molar-refractivity contribution is 0.0465. The molecule has 3 aromatic rings. The molecule has 0 spiro atoms. The number of ether oxygens (including phenoxy) is 1. The van der Waals surface area contributed by atoms with Crippen LogP contribution in [0.2, 0.25) is 0 Å². The fraction of sp³-hybridized carbons (Fsp3) is 0.211. The third-order valence-electron chi connectivity index (χ3n) is 3.76. The molecule has 0 aliphatic carbocycles. The second kappa shape index (κ2) is 7.25. The van der Waals surface area contributed by atoms with Gasteiger partial charge in [0.15, 0.2) is 5.69 Å². The Morgan fingerprint density at radius 1 is 1.16 bits per heavy atom. The minimum absolute atomic E-state index is 0.0699. The number of fused-ring (bicyclic) bond motifs is 1. The highest BCUT2D eigenvalue weighted by molar-refractivity contribution is 6.02. The van der Waals surface area contributed by atoms with Gasteiger partial charge >= 0.3 is 5.97 Å². The first-order valence-electron chi connectivity index (χ1n) is 8.01. The molecule has 6 heteroatoms. The zero-order valence-electron chi connectivity index (χ0n) is 13.7. The smallest absolute Gasteiger partial charge is 0.359 e. The molecule has 0 fully saturated rings. The van der Waals surface area contributed by atoms with Gasteiger partial charge in [-0.15, -0.1) is 0 Å². The van der Waals surface area contributed by atoms with Crippen LogP contribution in [0.4, 0.5) is 4.39 Å². The van der Waals surface area contributed by atoms with Gasteiger partial charge in [0.25, 0.3) is 5.56 Å². The Morgan fingerprint density at radius 3 is 2.64 bits per heavy atom. The van der Waals surface area contributed by atoms with Gasteiger partial charge in [0.05, 0.1) is 5.39 Å². The van der Waals surface area contributed by atoms with E-state index in [0.29, 0.717) is 29.3 Å². The van der Waals surface area contributed by atoms with Crippen molar-refractivity contribution in [1.82, 2.24) is 9.78 Å². The van der Waals surface area contributed by atoms with Crippen molar-refractivity contribution < 1.29 is 13.9 Å². The predicted molar refractivity (Wildman–Crippen MR) is 91.8 cm³/mol. The first-order valence-corrected chi connectivity index (χ1v) is 8.01. The lowest BCUT2D eigenvalue weighted by atomic mass is 10.1. The van der Waals surface area contributed by atoms with Gasteiger partial charge in [0.2, 0.25) is 0 Å². The molecular formula is C19H17FN2O3. The Kier molecular flexibility index (Phi) is 4.88. The number of halogens is 1. The predicted octanol–water partition coefficient (Wildman–Crippen LogP) is 3.30. The minimum Gasteiger partial charge on any atom is -0.456 e. The summed E-state index contributed by atoms with van der Waals surface area (Å²) in [5.41, 5.74) is 0.388. The molecule has 0 bridgehead atoms. The topological polar surface area (TPSA) is 61.2 Å². The van der Waals surface area contributed by atoms with Crippen molar-refractivity contribution in [3.05, 3.63) is 76.0 Å². The van der Waals surface area contributed by atoms with Crippen LogP contribution < -0.4 is 5.56 Å². The summed E-state index contributed by atoms with van der Waals surface area (Å²) in [6.07, 6.45) is 0.711. The van der Waals surface area contributed by atoms with Gasteiger partial charge in [-0.25, -0.2) is 13.9 Å². The van der Waals surface area contributed by atoms with Crippen molar-refractivity contribution in [2.24, 2.45) is 0 Å². The van der Waals surface area contributed by atoms with E-state index in [0.717, 1.165) is 0 Å². The lowest BCUT2D eigenvalue weighted by Crippen LogP contribution is -2.26. The Balaban J connectivity index is 1.95. The zero-order chi connectivity index (χ0) is 17.8. The SMILES string of the molecule is CCCn1nc(C(=O)OCc2cccc(F)c2)c2ccccc2c1=O. The van der Waals surface area contributed by atoms with E-state index in [1.165, 1.54) is 16.8 Å². The summed E-state index contributed by atoms with van der Waals surface area (Å²) < 4.78 is 19.8. The Bertz CT molecular complexity index is 982. The summed E-state index contributed by atoms with van der Waals surface area (Å²) in [7, 11) is 0. The van der Waals surface area contributed by atoms with E-state index in [9.17, 15) is 14.0 Å². The van der Waals surface area contributed by atoms with E-state index >= 15 is 0 Å². The number of carbonyl (C=O) groups is 1. The first-order chi connectivity index (χ1) is 12.1. The van der Waals surface area contributed by atoms with Crippen LogP contribution in [-0.2, 0) is 17.9 Å². The standard InChI is InChI=1S/C19H17FN2O3/c1-2-10-22-18(23)16-9-4-3-8-15(16)17(21-22)19(24)25-12-13-6-5-7-14(20)11-13/h3-9,11H,2,10,12H2,1H3. The number of rotatable bonds is 5. The molecule has 0 unspecified atom stereocenters. The highest BCUT2D eigenvalue weighted by Gasteiger charge is 2.17. The normalized spacial score (nSPS) is 10.8. The second-order valence-corrected chi connectivity index (χ2v) is 5.63. The van der Waals surface area contributed by atoms with Gasteiger partial charge in [-0.05, 0) is 30.2 Å². The molecule has 1 heterocycles. The molecule has 0 atom stereocenters. The van der Waals surface area contributed by atoms with E-state index in [-0.39, 0.29) is 17.9 Å². The fourth-order valence-corrected chi connectivity index (χ4v) is 2.59. The molecule has 25 heavy (non-hydrogen) atoms. The monoisotopic (exact) mass is 340 g/mol. The summed E-state index contributed by atoms with van der Waals surface area (Å²) in [5, 5.41) is 5.04. The largest absolute Gasteiger partial charge is 0.456 e. The Morgan fingerprint density at radius 2 is 1.92 bits per heavy atom. The molecule has 0 N–H and O–H groups in total. The number of esters is 1. The molecule has 2 aromatic carbocycles. The molecule has 0 aliphatic rings. The maximum Gasteiger partial charge on any atom is 0.359 e. The van der Waals surface area contributed by atoms with Crippen LogP contribution in [0.15, 0.2) is 53.3 Å². The van der Waals surface area contributed by atoms with Crippen LogP contribution in [0.25, 0.3) is 10.8 Å². The first kappa shape index (κ1) is 16.8. The lowest BCUT2D eigenvalue weighted by Gasteiger charge is -2.10. The molecule has 1 aromatic heterocycles. The summed E-state index contributed by atoms with van der Waals surface area (Å²) in [6, 6.07) is 12.6. The van der Waals surface area contributed by atoms with Crippen molar-refractivity contribution in [3.8, 4) is 0 Å². The number of carbonyl (C=O) groups excluding carboxylic acids is 1. The number of aromatic nitrogens is 2. The second-order valence-electron chi connectivity index (χ2n) is 5.63. The maximum absolute atomic E-state index is 13.2. The van der Waals surface area contributed by atoms with E-state index in [4.69, 9.17) is 4.74 Å². The van der Waals surface area contributed by atoms with E-state index in [1.807, 2.05) is 6.92 Å². The van der Waals surface area contributed by atoms with Gasteiger partial charge in [0, 0.05) is 11.9 Å². The molecule has 0 saturated heterocycles. The van der Waals surface area contributed by atoms with Gasteiger partial charge in [-0.1, -0.05) is 37.3 Å². The quantitative estimate of drug-likeness (QED) is 0.669. The fourth-order valence-electron chi connectivity index (χ4n) is 2.59. The van der Waals surface area contributed by atoms with Crippen LogP contribution >= 0.6 is 0 Å². The summed E-state index contributed by atoms with van der Waals surface area (Å²) in [5.74, 6) is -1.04.